The van der Waals surface area contributed by atoms with E-state index in [0.29, 0.717) is 32.0 Å². The molecule has 1 amide bonds. The number of rotatable bonds is 7. The van der Waals surface area contributed by atoms with Gasteiger partial charge in [0.05, 0.1) is 28.7 Å². The summed E-state index contributed by atoms with van der Waals surface area (Å²) in [5.41, 5.74) is 1.81. The average Bonchev–Trinajstić information content (AvgIpc) is 2.73. The lowest BCUT2D eigenvalue weighted by atomic mass is 10.1. The van der Waals surface area contributed by atoms with Crippen molar-refractivity contribution in [3.8, 4) is 0 Å². The number of aryl methyl sites for hydroxylation is 1. The molecule has 1 aliphatic rings. The van der Waals surface area contributed by atoms with Crippen molar-refractivity contribution < 1.29 is 17.9 Å². The minimum absolute atomic E-state index is 0.00595. The molecule has 156 valence electrons. The van der Waals surface area contributed by atoms with E-state index in [0.717, 1.165) is 19.3 Å². The first-order valence-electron chi connectivity index (χ1n) is 9.69. The summed E-state index contributed by atoms with van der Waals surface area (Å²) < 4.78 is 33.5. The van der Waals surface area contributed by atoms with Gasteiger partial charge in [0.15, 0.2) is 0 Å². The number of nitrogens with one attached hydrogen (secondary N) is 1. The molecule has 3 rings (SSSR count). The molecule has 0 spiro atoms. The lowest BCUT2D eigenvalue weighted by Gasteiger charge is -2.27. The Labute approximate surface area is 176 Å². The van der Waals surface area contributed by atoms with Crippen LogP contribution in [0.2, 0.25) is 5.02 Å². The molecule has 0 aliphatic carbocycles. The highest BCUT2D eigenvalue weighted by atomic mass is 35.5. The average molecular weight is 437 g/mol. The summed E-state index contributed by atoms with van der Waals surface area (Å²) in [6.45, 7) is 3.95. The first-order chi connectivity index (χ1) is 13.9. The molecule has 1 saturated heterocycles. The van der Waals surface area contributed by atoms with E-state index in [1.165, 1.54) is 23.8 Å². The summed E-state index contributed by atoms with van der Waals surface area (Å²) in [6.07, 6.45) is 3.17. The molecule has 29 heavy (non-hydrogen) atoms. The van der Waals surface area contributed by atoms with Gasteiger partial charge >= 0.3 is 0 Å². The standard InChI is InChI=1S/C21H25ClN2O4S/c1-2-3-4-16-5-7-17(8-6-16)23-29(26,27)18-9-10-20(22)19(15-18)21(25)24-11-13-28-14-12-24/h5-10,15,23H,2-4,11-14H2,1H3. The van der Waals surface area contributed by atoms with Crippen molar-refractivity contribution in [1.29, 1.82) is 0 Å². The van der Waals surface area contributed by atoms with Crippen LogP contribution in [0.3, 0.4) is 0 Å². The maximum absolute atomic E-state index is 12.8. The van der Waals surface area contributed by atoms with Gasteiger partial charge in [-0.3, -0.25) is 9.52 Å². The molecule has 0 saturated carbocycles. The number of halogens is 1. The maximum atomic E-state index is 12.8. The SMILES string of the molecule is CCCCc1ccc(NS(=O)(=O)c2ccc(Cl)c(C(=O)N3CCOCC3)c2)cc1. The quantitative estimate of drug-likeness (QED) is 0.712. The fraction of sp³-hybridized carbons (Fsp3) is 0.381. The van der Waals surface area contributed by atoms with Crippen LogP contribution in [0.5, 0.6) is 0 Å². The summed E-state index contributed by atoms with van der Waals surface area (Å²) in [7, 11) is -3.85. The normalized spacial score (nSPS) is 14.6. The smallest absolute Gasteiger partial charge is 0.261 e. The Bertz CT molecular complexity index is 955. The van der Waals surface area contributed by atoms with Gasteiger partial charge in [-0.25, -0.2) is 8.42 Å². The number of carbonyl (C=O) groups is 1. The lowest BCUT2D eigenvalue weighted by molar-refractivity contribution is 0.0303. The van der Waals surface area contributed by atoms with E-state index < -0.39 is 10.0 Å². The van der Waals surface area contributed by atoms with Gasteiger partial charge in [-0.2, -0.15) is 0 Å². The minimum Gasteiger partial charge on any atom is -0.378 e. The summed E-state index contributed by atoms with van der Waals surface area (Å²) in [6, 6.07) is 11.5. The predicted octanol–water partition coefficient (Wildman–Crippen LogP) is 3.96. The molecule has 6 nitrogen and oxygen atoms in total. The Morgan fingerprint density at radius 3 is 2.48 bits per heavy atom. The van der Waals surface area contributed by atoms with E-state index in [-0.39, 0.29) is 21.4 Å². The van der Waals surface area contributed by atoms with Gasteiger partial charge in [0, 0.05) is 18.8 Å². The van der Waals surface area contributed by atoms with Crippen molar-refractivity contribution in [2.75, 3.05) is 31.0 Å². The Hall–Kier alpha value is -2.09. The second kappa shape index (κ2) is 9.61. The predicted molar refractivity (Wildman–Crippen MR) is 114 cm³/mol. The van der Waals surface area contributed by atoms with Gasteiger partial charge in [-0.1, -0.05) is 37.1 Å². The lowest BCUT2D eigenvalue weighted by Crippen LogP contribution is -2.40. The van der Waals surface area contributed by atoms with Gasteiger partial charge in [0.25, 0.3) is 15.9 Å². The van der Waals surface area contributed by atoms with Crippen LogP contribution in [0.15, 0.2) is 47.4 Å². The van der Waals surface area contributed by atoms with Crippen LogP contribution in [-0.4, -0.2) is 45.5 Å². The molecule has 0 aromatic heterocycles. The van der Waals surface area contributed by atoms with Gasteiger partial charge in [-0.05, 0) is 48.7 Å². The monoisotopic (exact) mass is 436 g/mol. The van der Waals surface area contributed by atoms with Crippen LogP contribution in [0.4, 0.5) is 5.69 Å². The van der Waals surface area contributed by atoms with Crippen LogP contribution in [0.25, 0.3) is 0 Å². The van der Waals surface area contributed by atoms with E-state index in [4.69, 9.17) is 16.3 Å². The van der Waals surface area contributed by atoms with Crippen LogP contribution < -0.4 is 4.72 Å². The van der Waals surface area contributed by atoms with Crippen molar-refractivity contribution >= 4 is 33.2 Å². The molecule has 2 aromatic rings. The molecule has 2 aromatic carbocycles. The van der Waals surface area contributed by atoms with Gasteiger partial charge in [0.2, 0.25) is 0 Å². The van der Waals surface area contributed by atoms with Crippen molar-refractivity contribution in [2.45, 2.75) is 31.1 Å². The third kappa shape index (κ3) is 5.50. The molecule has 1 fully saturated rings. The van der Waals surface area contributed by atoms with Crippen LogP contribution >= 0.6 is 11.6 Å². The fourth-order valence-corrected chi connectivity index (χ4v) is 4.39. The summed E-state index contributed by atoms with van der Waals surface area (Å²) in [4.78, 5) is 14.4. The molecule has 8 heteroatoms. The molecule has 1 heterocycles. The highest BCUT2D eigenvalue weighted by Crippen LogP contribution is 2.24. The second-order valence-electron chi connectivity index (χ2n) is 6.95. The first kappa shape index (κ1) is 21.6. The van der Waals surface area contributed by atoms with Gasteiger partial charge < -0.3 is 9.64 Å². The number of amides is 1. The zero-order chi connectivity index (χ0) is 20.9. The van der Waals surface area contributed by atoms with Crippen LogP contribution in [0, 0.1) is 0 Å². The number of sulfonamides is 1. The third-order valence-electron chi connectivity index (χ3n) is 4.80. The number of carbonyl (C=O) groups excluding carboxylic acids is 1. The van der Waals surface area contributed by atoms with Gasteiger partial charge in [0.1, 0.15) is 0 Å². The molecule has 0 atom stereocenters. The molecular formula is C21H25ClN2O4S. The second-order valence-corrected chi connectivity index (χ2v) is 9.04. The Morgan fingerprint density at radius 2 is 1.83 bits per heavy atom. The number of hydrogen-bond acceptors (Lipinski definition) is 4. The summed E-state index contributed by atoms with van der Waals surface area (Å²) >= 11 is 6.19. The maximum Gasteiger partial charge on any atom is 0.261 e. The third-order valence-corrected chi connectivity index (χ3v) is 6.51. The topological polar surface area (TPSA) is 75.7 Å². The molecular weight excluding hydrogens is 412 g/mol. The van der Waals surface area contributed by atoms with E-state index in [1.807, 2.05) is 12.1 Å². The van der Waals surface area contributed by atoms with Crippen LogP contribution in [0.1, 0.15) is 35.7 Å². The minimum atomic E-state index is -3.85. The number of anilines is 1. The Kier molecular flexibility index (Phi) is 7.16. The van der Waals surface area contributed by atoms with Gasteiger partial charge in [-0.15, -0.1) is 0 Å². The van der Waals surface area contributed by atoms with E-state index in [9.17, 15) is 13.2 Å². The number of morpholine rings is 1. The van der Waals surface area contributed by atoms with Crippen molar-refractivity contribution in [1.82, 2.24) is 4.90 Å². The molecule has 1 N–H and O–H groups in total. The summed E-state index contributed by atoms with van der Waals surface area (Å²) in [5.74, 6) is -0.296. The summed E-state index contributed by atoms with van der Waals surface area (Å²) in [5, 5.41) is 0.223. The Morgan fingerprint density at radius 1 is 1.14 bits per heavy atom. The number of benzene rings is 2. The number of unbranched alkanes of at least 4 members (excludes halogenated alkanes) is 1. The first-order valence-corrected chi connectivity index (χ1v) is 11.5. The fourth-order valence-electron chi connectivity index (χ4n) is 3.11. The molecule has 0 radical (unpaired) electrons. The highest BCUT2D eigenvalue weighted by molar-refractivity contribution is 7.92. The van der Waals surface area contributed by atoms with E-state index in [1.54, 1.807) is 17.0 Å². The van der Waals surface area contributed by atoms with Crippen LogP contribution in [-0.2, 0) is 21.2 Å². The largest absolute Gasteiger partial charge is 0.378 e. The van der Waals surface area contributed by atoms with E-state index in [2.05, 4.69) is 11.6 Å². The number of hydrogen-bond donors (Lipinski definition) is 1. The number of ether oxygens (including phenoxy) is 1. The van der Waals surface area contributed by atoms with E-state index >= 15 is 0 Å². The molecule has 0 unspecified atom stereocenters. The zero-order valence-corrected chi connectivity index (χ0v) is 17.9. The molecule has 1 aliphatic heterocycles. The zero-order valence-electron chi connectivity index (χ0n) is 16.4. The van der Waals surface area contributed by atoms with Crippen molar-refractivity contribution in [2.24, 2.45) is 0 Å². The van der Waals surface area contributed by atoms with Crippen molar-refractivity contribution in [3.05, 3.63) is 58.6 Å². The van der Waals surface area contributed by atoms with Crippen molar-refractivity contribution in [3.63, 3.8) is 0 Å². The highest BCUT2D eigenvalue weighted by Gasteiger charge is 2.23. The number of nitrogens with zero attached hydrogens (tertiary/aromatic N) is 1. The Balaban J connectivity index is 1.79. The molecule has 0 bridgehead atoms.